The summed E-state index contributed by atoms with van der Waals surface area (Å²) in [7, 11) is 0. The van der Waals surface area contributed by atoms with Gasteiger partial charge in [0.15, 0.2) is 0 Å². The molecule has 2 N–H and O–H groups in total. The van der Waals surface area contributed by atoms with Crippen LogP contribution in [0, 0.1) is 0 Å². The quantitative estimate of drug-likeness (QED) is 0.391. The summed E-state index contributed by atoms with van der Waals surface area (Å²) in [5, 5.41) is 0. The van der Waals surface area contributed by atoms with Crippen LogP contribution < -0.4 is 24.8 Å². The van der Waals surface area contributed by atoms with Gasteiger partial charge in [-0.05, 0) is 0 Å². The van der Waals surface area contributed by atoms with Gasteiger partial charge in [0, 0.05) is 0 Å². The minimum Gasteiger partial charge on any atom is -1.00 e. The number of hydrogen-bond acceptors (Lipinski definition) is 0. The minimum absolute atomic E-state index is 0. The van der Waals surface area contributed by atoms with Gasteiger partial charge in [0.05, 0.1) is 0 Å². The van der Waals surface area contributed by atoms with E-state index in [1.165, 1.54) is 0 Å². The third kappa shape index (κ3) is 70.7. The van der Waals surface area contributed by atoms with Gasteiger partial charge in [-0.1, -0.05) is 0 Å². The van der Waals surface area contributed by atoms with Crippen molar-refractivity contribution in [3.8, 4) is 0 Å². The molecule has 0 saturated carbocycles. The third-order valence-electron chi connectivity index (χ3n) is 0. The number of rotatable bonds is 0. The molecule has 0 atom stereocenters. The van der Waals surface area contributed by atoms with Crippen LogP contribution >= 0.6 is 37.2 Å². The second kappa shape index (κ2) is 96.1. The molecule has 1 nitrogen and oxygen atoms in total. The molecule has 48 valence electrons. The molecule has 0 aliphatic carbocycles. The van der Waals surface area contributed by atoms with Gasteiger partial charge in [-0.15, -0.1) is 37.2 Å². The molecule has 0 fully saturated rings. The Hall–Kier alpha value is 2.03. The van der Waals surface area contributed by atoms with Gasteiger partial charge in [-0.25, -0.2) is 0 Å². The Kier molecular flexibility index (Phi) is 1940. The molecule has 0 unspecified atom stereocenters. The summed E-state index contributed by atoms with van der Waals surface area (Å²) in [6.07, 6.45) is 0. The van der Waals surface area contributed by atoms with Crippen LogP contribution in [0.1, 0.15) is 0 Å². The molecule has 0 aliphatic rings. The zero-order valence-electron chi connectivity index (χ0n) is 3.19. The van der Waals surface area contributed by atoms with Crippen LogP contribution in [0.2, 0.25) is 0 Å². The van der Waals surface area contributed by atoms with E-state index in [2.05, 4.69) is 0 Å². The molecule has 0 bridgehead atoms. The average molecular weight is 264 g/mol. The average Bonchev–Trinajstić information content (AvgIpc) is 0. The molecule has 0 saturated heterocycles. The van der Waals surface area contributed by atoms with E-state index in [-0.39, 0.29) is 87.0 Å². The summed E-state index contributed by atoms with van der Waals surface area (Å²) in [5.74, 6) is 0. The first kappa shape index (κ1) is 141. The summed E-state index contributed by atoms with van der Waals surface area (Å²) in [5.41, 5.74) is 0. The molecular formula is H5Cl5OZn. The van der Waals surface area contributed by atoms with Crippen molar-refractivity contribution in [2.75, 3.05) is 0 Å². The maximum Gasteiger partial charge on any atom is 2.00 e. The Bertz CT molecular complexity index is 8.04. The van der Waals surface area contributed by atoms with Crippen LogP contribution in [0.5, 0.6) is 0 Å². The number of halogens is 5. The third-order valence-corrected chi connectivity index (χ3v) is 0. The van der Waals surface area contributed by atoms with Gasteiger partial charge in [-0.3, -0.25) is 0 Å². The summed E-state index contributed by atoms with van der Waals surface area (Å²) in [6, 6.07) is 0. The Labute approximate surface area is 86.5 Å². The van der Waals surface area contributed by atoms with Gasteiger partial charge in [0.2, 0.25) is 0 Å². The van der Waals surface area contributed by atoms with Crippen molar-refractivity contribution in [2.24, 2.45) is 0 Å². The Morgan fingerprint density at radius 3 is 0.571 bits per heavy atom. The zero-order valence-corrected chi connectivity index (χ0v) is 10.1. The van der Waals surface area contributed by atoms with Crippen molar-refractivity contribution in [1.82, 2.24) is 0 Å². The first-order chi connectivity index (χ1) is 0. The summed E-state index contributed by atoms with van der Waals surface area (Å²) in [6.45, 7) is 0. The Balaban J connectivity index is 0. The van der Waals surface area contributed by atoms with Gasteiger partial charge in [-0.2, -0.15) is 0 Å². The fourth-order valence-electron chi connectivity index (χ4n) is 0. The summed E-state index contributed by atoms with van der Waals surface area (Å²) < 4.78 is 0. The van der Waals surface area contributed by atoms with Crippen molar-refractivity contribution < 1.29 is 49.8 Å². The summed E-state index contributed by atoms with van der Waals surface area (Å²) >= 11 is 0. The molecule has 0 spiro atoms. The smallest absolute Gasteiger partial charge is 1.00 e. The normalized spacial score (nSPS) is 0. The monoisotopic (exact) mass is 260 g/mol. The van der Waals surface area contributed by atoms with Crippen molar-refractivity contribution in [3.05, 3.63) is 0 Å². The molecule has 0 radical (unpaired) electrons. The topological polar surface area (TPSA) is 31.5 Å². The molecule has 0 heterocycles. The molecule has 0 aromatic carbocycles. The maximum absolute atomic E-state index is 0. The van der Waals surface area contributed by atoms with Gasteiger partial charge >= 0.3 is 19.5 Å². The van der Waals surface area contributed by atoms with E-state index in [1.807, 2.05) is 0 Å². The van der Waals surface area contributed by atoms with Crippen LogP contribution in [0.3, 0.4) is 0 Å². The maximum atomic E-state index is 0. The second-order valence-electron chi connectivity index (χ2n) is 0. The molecule has 7 heavy (non-hydrogen) atoms. The van der Waals surface area contributed by atoms with Crippen LogP contribution in [-0.2, 0) is 19.5 Å². The molecule has 0 aliphatic heterocycles. The van der Waals surface area contributed by atoms with Crippen molar-refractivity contribution in [1.29, 1.82) is 0 Å². The van der Waals surface area contributed by atoms with Gasteiger partial charge < -0.3 is 30.3 Å². The Morgan fingerprint density at radius 1 is 0.571 bits per heavy atom. The van der Waals surface area contributed by atoms with E-state index in [4.69, 9.17) is 0 Å². The van der Waals surface area contributed by atoms with Crippen molar-refractivity contribution in [2.45, 2.75) is 0 Å². The standard InChI is InChI=1S/5ClH.H2O.Zn/h5*1H;1H2;/q;;;;;;+2/p-2. The molecular weight excluding hydrogens is 259 g/mol. The van der Waals surface area contributed by atoms with E-state index in [0.29, 0.717) is 0 Å². The van der Waals surface area contributed by atoms with Crippen molar-refractivity contribution >= 4 is 37.2 Å². The van der Waals surface area contributed by atoms with Crippen LogP contribution in [0.4, 0.5) is 0 Å². The first-order valence-corrected chi connectivity index (χ1v) is 0. The zero-order chi connectivity index (χ0) is 0. The van der Waals surface area contributed by atoms with E-state index >= 15 is 0 Å². The molecule has 7 heteroatoms. The van der Waals surface area contributed by atoms with Gasteiger partial charge in [0.25, 0.3) is 0 Å². The van der Waals surface area contributed by atoms with E-state index in [0.717, 1.165) is 0 Å². The molecule has 0 amide bonds. The second-order valence-corrected chi connectivity index (χ2v) is 0. The van der Waals surface area contributed by atoms with Crippen LogP contribution in [-0.4, -0.2) is 5.48 Å². The predicted octanol–water partition coefficient (Wildman–Crippen LogP) is -5.55. The van der Waals surface area contributed by atoms with Crippen LogP contribution in [0.25, 0.3) is 0 Å². The number of hydrogen-bond donors (Lipinski definition) is 0. The van der Waals surface area contributed by atoms with Crippen molar-refractivity contribution in [3.63, 3.8) is 0 Å². The van der Waals surface area contributed by atoms with Crippen LogP contribution in [0.15, 0.2) is 0 Å². The largest absolute Gasteiger partial charge is 2.00 e. The van der Waals surface area contributed by atoms with E-state index < -0.39 is 0 Å². The summed E-state index contributed by atoms with van der Waals surface area (Å²) in [4.78, 5) is 0. The Morgan fingerprint density at radius 2 is 0.571 bits per heavy atom. The van der Waals surface area contributed by atoms with E-state index in [9.17, 15) is 0 Å². The molecule has 0 rings (SSSR count). The first-order valence-electron chi connectivity index (χ1n) is 0. The minimum atomic E-state index is 0. The SMILES string of the molecule is Cl.Cl.Cl.O.[Cl-].[Cl-].[Zn+2]. The molecule has 0 aromatic heterocycles. The van der Waals surface area contributed by atoms with E-state index in [1.54, 1.807) is 0 Å². The predicted molar refractivity (Wildman–Crippen MR) is 25.4 cm³/mol. The molecule has 0 aromatic rings. The fraction of sp³-hybridized carbons (Fsp3) is 0. The fourth-order valence-corrected chi connectivity index (χ4v) is 0. The van der Waals surface area contributed by atoms with Gasteiger partial charge in [0.1, 0.15) is 0 Å².